The Morgan fingerprint density at radius 2 is 2.40 bits per heavy atom. The van der Waals surface area contributed by atoms with Crippen molar-refractivity contribution >= 4 is 0 Å². The number of imidazole rings is 1. The molecule has 10 heavy (non-hydrogen) atoms. The summed E-state index contributed by atoms with van der Waals surface area (Å²) in [4.78, 5) is 7.05. The molecule has 0 aliphatic rings. The molecule has 0 amide bonds. The van der Waals surface area contributed by atoms with E-state index in [1.165, 1.54) is 0 Å². The normalized spacial score (nSPS) is 7.90. The van der Waals surface area contributed by atoms with Gasteiger partial charge in [-0.25, -0.2) is 11.6 Å². The first-order valence-electron chi connectivity index (χ1n) is 2.72. The standard InChI is InChI=1S/C6H7N3.Pt/c1-7-2-4-9-5-3-8-6-9;/h3,5-6H,2,4H2;. The zero-order valence-corrected chi connectivity index (χ0v) is 7.58. The van der Waals surface area contributed by atoms with E-state index in [4.69, 9.17) is 6.57 Å². The quantitative estimate of drug-likeness (QED) is 0.740. The van der Waals surface area contributed by atoms with Crippen molar-refractivity contribution < 1.29 is 21.1 Å². The van der Waals surface area contributed by atoms with Crippen molar-refractivity contribution in [2.45, 2.75) is 6.54 Å². The molecule has 4 heteroatoms. The molecule has 0 aliphatic heterocycles. The van der Waals surface area contributed by atoms with Crippen LogP contribution in [0.15, 0.2) is 18.7 Å². The predicted octanol–water partition coefficient (Wildman–Crippen LogP) is 0.800. The topological polar surface area (TPSA) is 22.2 Å². The Labute approximate surface area is 74.2 Å². The molecule has 0 unspecified atom stereocenters. The molecule has 56 valence electrons. The molecule has 1 aromatic rings. The minimum absolute atomic E-state index is 0. The van der Waals surface area contributed by atoms with Crippen LogP contribution in [0.3, 0.4) is 0 Å². The number of hydrogen-bond acceptors (Lipinski definition) is 1. The van der Waals surface area contributed by atoms with Crippen molar-refractivity contribution in [2.24, 2.45) is 0 Å². The second-order valence-electron chi connectivity index (χ2n) is 1.68. The van der Waals surface area contributed by atoms with E-state index in [1.807, 2.05) is 10.8 Å². The van der Waals surface area contributed by atoms with Crippen LogP contribution in [0.25, 0.3) is 4.85 Å². The van der Waals surface area contributed by atoms with Crippen molar-refractivity contribution in [2.75, 3.05) is 6.54 Å². The van der Waals surface area contributed by atoms with E-state index in [0.717, 1.165) is 6.54 Å². The monoisotopic (exact) mass is 316 g/mol. The molecule has 3 nitrogen and oxygen atoms in total. The summed E-state index contributed by atoms with van der Waals surface area (Å²) in [7, 11) is 0. The van der Waals surface area contributed by atoms with Crippen LogP contribution < -0.4 is 0 Å². The van der Waals surface area contributed by atoms with Crippen LogP contribution in [0.2, 0.25) is 0 Å². The largest absolute Gasteiger partial charge is 0.330 e. The van der Waals surface area contributed by atoms with E-state index >= 15 is 0 Å². The average molecular weight is 316 g/mol. The van der Waals surface area contributed by atoms with E-state index in [0.29, 0.717) is 6.54 Å². The maximum atomic E-state index is 6.50. The molecule has 0 aromatic carbocycles. The van der Waals surface area contributed by atoms with E-state index in [-0.39, 0.29) is 21.1 Å². The van der Waals surface area contributed by atoms with E-state index < -0.39 is 0 Å². The van der Waals surface area contributed by atoms with Crippen LogP contribution in [0.1, 0.15) is 0 Å². The SMILES string of the molecule is [C-]#[N+]CCn1ccnc1.[Pt]. The molecule has 1 heterocycles. The first-order valence-corrected chi connectivity index (χ1v) is 2.72. The summed E-state index contributed by atoms with van der Waals surface area (Å²) >= 11 is 0. The Bertz CT molecular complexity index is 199. The fraction of sp³-hybridized carbons (Fsp3) is 0.333. The minimum Gasteiger partial charge on any atom is -0.330 e. The van der Waals surface area contributed by atoms with Gasteiger partial charge in [-0.3, -0.25) is 0 Å². The van der Waals surface area contributed by atoms with Gasteiger partial charge in [0.2, 0.25) is 6.54 Å². The summed E-state index contributed by atoms with van der Waals surface area (Å²) in [5.74, 6) is 0. The van der Waals surface area contributed by atoms with Crippen LogP contribution in [-0.4, -0.2) is 16.1 Å². The van der Waals surface area contributed by atoms with Gasteiger partial charge in [0.05, 0.1) is 12.9 Å². The first-order chi connectivity index (χ1) is 4.43. The van der Waals surface area contributed by atoms with Crippen LogP contribution in [-0.2, 0) is 27.6 Å². The number of nitrogens with zero attached hydrogens (tertiary/aromatic N) is 3. The summed E-state index contributed by atoms with van der Waals surface area (Å²) in [5.41, 5.74) is 0. The molecule has 1 aromatic heterocycles. The van der Waals surface area contributed by atoms with Gasteiger partial charge in [-0.05, 0) is 0 Å². The summed E-state index contributed by atoms with van der Waals surface area (Å²) in [5, 5.41) is 0. The molecule has 0 spiro atoms. The van der Waals surface area contributed by atoms with Crippen LogP contribution in [0, 0.1) is 6.57 Å². The summed E-state index contributed by atoms with van der Waals surface area (Å²) in [6, 6.07) is 0. The predicted molar refractivity (Wildman–Crippen MR) is 33.7 cm³/mol. The molecule has 0 fully saturated rings. The number of aromatic nitrogens is 2. The zero-order chi connectivity index (χ0) is 6.53. The van der Waals surface area contributed by atoms with Gasteiger partial charge >= 0.3 is 0 Å². The number of hydrogen-bond donors (Lipinski definition) is 0. The molecule has 0 saturated carbocycles. The van der Waals surface area contributed by atoms with Gasteiger partial charge in [0.25, 0.3) is 0 Å². The van der Waals surface area contributed by atoms with Gasteiger partial charge in [-0.15, -0.1) is 0 Å². The van der Waals surface area contributed by atoms with Crippen molar-refractivity contribution in [1.82, 2.24) is 9.55 Å². The van der Waals surface area contributed by atoms with Gasteiger partial charge in [-0.2, -0.15) is 0 Å². The Hall–Kier alpha value is -0.612. The van der Waals surface area contributed by atoms with Gasteiger partial charge in [0, 0.05) is 33.5 Å². The summed E-state index contributed by atoms with van der Waals surface area (Å²) in [6.07, 6.45) is 5.28. The fourth-order valence-electron chi connectivity index (χ4n) is 0.584. The fourth-order valence-corrected chi connectivity index (χ4v) is 0.584. The average Bonchev–Trinajstić information content (AvgIpc) is 2.34. The summed E-state index contributed by atoms with van der Waals surface area (Å²) in [6.45, 7) is 7.79. The molecule has 0 bridgehead atoms. The summed E-state index contributed by atoms with van der Waals surface area (Å²) < 4.78 is 1.89. The van der Waals surface area contributed by atoms with Gasteiger partial charge in [-0.1, -0.05) is 0 Å². The molecule has 0 N–H and O–H groups in total. The Morgan fingerprint density at radius 1 is 1.60 bits per heavy atom. The minimum atomic E-state index is 0. The molecular weight excluding hydrogens is 309 g/mol. The molecule has 0 aliphatic carbocycles. The Balaban J connectivity index is 0.000000810. The van der Waals surface area contributed by atoms with Crippen molar-refractivity contribution in [3.05, 3.63) is 30.1 Å². The zero-order valence-electron chi connectivity index (χ0n) is 5.30. The van der Waals surface area contributed by atoms with Crippen LogP contribution in [0.5, 0.6) is 0 Å². The Kier molecular flexibility index (Phi) is 4.88. The molecule has 0 atom stereocenters. The van der Waals surface area contributed by atoms with Gasteiger partial charge < -0.3 is 9.41 Å². The van der Waals surface area contributed by atoms with E-state index in [1.54, 1.807) is 12.5 Å². The molecule has 1 rings (SSSR count). The molecular formula is C6H7N3Pt. The maximum absolute atomic E-state index is 6.50. The van der Waals surface area contributed by atoms with Gasteiger partial charge in [0.15, 0.2) is 0 Å². The third-order valence-electron chi connectivity index (χ3n) is 1.03. The van der Waals surface area contributed by atoms with Crippen molar-refractivity contribution in [3.63, 3.8) is 0 Å². The second-order valence-corrected chi connectivity index (χ2v) is 1.68. The number of rotatable bonds is 2. The third-order valence-corrected chi connectivity index (χ3v) is 1.03. The second kappa shape index (κ2) is 5.20. The van der Waals surface area contributed by atoms with Crippen molar-refractivity contribution in [3.8, 4) is 0 Å². The maximum Gasteiger partial charge on any atom is 0.232 e. The van der Waals surface area contributed by atoms with E-state index in [2.05, 4.69) is 9.83 Å². The smallest absolute Gasteiger partial charge is 0.232 e. The van der Waals surface area contributed by atoms with Crippen molar-refractivity contribution in [1.29, 1.82) is 0 Å². The third kappa shape index (κ3) is 2.79. The van der Waals surface area contributed by atoms with E-state index in [9.17, 15) is 0 Å². The van der Waals surface area contributed by atoms with Crippen LogP contribution >= 0.6 is 0 Å². The first kappa shape index (κ1) is 9.39. The molecule has 0 saturated heterocycles. The Morgan fingerprint density at radius 3 is 2.90 bits per heavy atom. The van der Waals surface area contributed by atoms with Crippen LogP contribution in [0.4, 0.5) is 0 Å². The molecule has 0 radical (unpaired) electrons. The van der Waals surface area contributed by atoms with Gasteiger partial charge in [0.1, 0.15) is 0 Å².